The van der Waals surface area contributed by atoms with E-state index in [0.717, 1.165) is 23.1 Å². The molecule has 9 nitrogen and oxygen atoms in total. The lowest BCUT2D eigenvalue weighted by Gasteiger charge is -2.31. The first-order valence-corrected chi connectivity index (χ1v) is 15.0. The number of rotatable bonds is 5. The molecule has 0 saturated carbocycles. The SMILES string of the molecule is COc1ccc(N2C(=O)C3Sc4c(sc(=O)n4CC(=O)N4CCOCC4)[C@H](c4cccc(Cl)c4Cl)C3C2=O)cc1. The van der Waals surface area contributed by atoms with E-state index in [0.29, 0.717) is 58.2 Å². The van der Waals surface area contributed by atoms with Crippen molar-refractivity contribution in [2.75, 3.05) is 38.3 Å². The second-order valence-electron chi connectivity index (χ2n) is 9.51. The maximum absolute atomic E-state index is 14.0. The third kappa shape index (κ3) is 4.53. The fourth-order valence-corrected chi connectivity index (χ4v) is 8.57. The van der Waals surface area contributed by atoms with E-state index >= 15 is 0 Å². The number of hydrogen-bond donors (Lipinski definition) is 0. The Hall–Kier alpha value is -2.83. The fraction of sp³-hybridized carbons (Fsp3) is 0.333. The first kappa shape index (κ1) is 27.3. The Morgan fingerprint density at radius 2 is 1.77 bits per heavy atom. The van der Waals surface area contributed by atoms with Crippen LogP contribution in [0.2, 0.25) is 10.0 Å². The number of amides is 3. The van der Waals surface area contributed by atoms with Crippen LogP contribution in [-0.2, 0) is 25.7 Å². The van der Waals surface area contributed by atoms with Gasteiger partial charge in [-0.1, -0.05) is 58.4 Å². The summed E-state index contributed by atoms with van der Waals surface area (Å²) in [7, 11) is 1.54. The number of carbonyl (C=O) groups is 3. The normalized spacial score (nSPS) is 22.3. The minimum atomic E-state index is -0.833. The van der Waals surface area contributed by atoms with E-state index in [1.807, 2.05) is 0 Å². The molecular formula is C27H23Cl2N3O6S2. The van der Waals surface area contributed by atoms with Gasteiger partial charge >= 0.3 is 4.87 Å². The zero-order valence-electron chi connectivity index (χ0n) is 21.2. The average Bonchev–Trinajstić information content (AvgIpc) is 3.41. The second-order valence-corrected chi connectivity index (χ2v) is 12.4. The molecule has 208 valence electrons. The number of imide groups is 1. The Kier molecular flexibility index (Phi) is 7.43. The van der Waals surface area contributed by atoms with E-state index < -0.39 is 28.9 Å². The summed E-state index contributed by atoms with van der Waals surface area (Å²) in [4.78, 5) is 57.4. The summed E-state index contributed by atoms with van der Waals surface area (Å²) >= 11 is 15.2. The van der Waals surface area contributed by atoms with E-state index in [-0.39, 0.29) is 22.3 Å². The summed E-state index contributed by atoms with van der Waals surface area (Å²) in [6, 6.07) is 11.8. The molecule has 4 heterocycles. The van der Waals surface area contributed by atoms with Gasteiger partial charge < -0.3 is 14.4 Å². The topological polar surface area (TPSA) is 98.2 Å². The molecule has 40 heavy (non-hydrogen) atoms. The number of morpholine rings is 1. The lowest BCUT2D eigenvalue weighted by molar-refractivity contribution is -0.136. The molecule has 3 aliphatic heterocycles. The molecule has 1 aromatic heterocycles. The molecule has 0 N–H and O–H groups in total. The van der Waals surface area contributed by atoms with Crippen LogP contribution in [0, 0.1) is 5.92 Å². The number of carbonyl (C=O) groups excluding carboxylic acids is 3. The number of nitrogens with zero attached hydrogens (tertiary/aromatic N) is 3. The van der Waals surface area contributed by atoms with Crippen LogP contribution in [0.25, 0.3) is 0 Å². The summed E-state index contributed by atoms with van der Waals surface area (Å²) in [5.41, 5.74) is 0.973. The predicted octanol–water partition coefficient (Wildman–Crippen LogP) is 3.88. The Morgan fingerprint density at radius 3 is 2.48 bits per heavy atom. The summed E-state index contributed by atoms with van der Waals surface area (Å²) in [5.74, 6) is -1.94. The van der Waals surface area contributed by atoms with E-state index in [1.54, 1.807) is 47.4 Å². The van der Waals surface area contributed by atoms with Gasteiger partial charge in [-0.3, -0.25) is 23.7 Å². The third-order valence-corrected chi connectivity index (χ3v) is 10.8. The van der Waals surface area contributed by atoms with Crippen LogP contribution in [0.15, 0.2) is 52.3 Å². The highest BCUT2D eigenvalue weighted by Gasteiger charge is 2.57. The number of hydrogen-bond acceptors (Lipinski definition) is 8. The minimum absolute atomic E-state index is 0.171. The number of methoxy groups -OCH3 is 1. The average molecular weight is 621 g/mol. The first-order valence-electron chi connectivity index (χ1n) is 12.5. The molecule has 0 aliphatic carbocycles. The van der Waals surface area contributed by atoms with Crippen LogP contribution in [0.4, 0.5) is 5.69 Å². The van der Waals surface area contributed by atoms with Crippen LogP contribution in [0.3, 0.4) is 0 Å². The quantitative estimate of drug-likeness (QED) is 0.400. The Morgan fingerprint density at radius 1 is 1.05 bits per heavy atom. The van der Waals surface area contributed by atoms with Gasteiger partial charge in [-0.2, -0.15) is 0 Å². The second kappa shape index (κ2) is 10.9. The molecule has 0 radical (unpaired) electrons. The van der Waals surface area contributed by atoms with Crippen molar-refractivity contribution >= 4 is 69.7 Å². The van der Waals surface area contributed by atoms with Gasteiger partial charge in [0.05, 0.1) is 47.0 Å². The number of ether oxygens (including phenoxy) is 2. The van der Waals surface area contributed by atoms with Gasteiger partial charge in [0.25, 0.3) is 0 Å². The Labute approximate surface area is 247 Å². The van der Waals surface area contributed by atoms with E-state index in [9.17, 15) is 19.2 Å². The van der Waals surface area contributed by atoms with E-state index in [4.69, 9.17) is 32.7 Å². The highest BCUT2D eigenvalue weighted by Crippen LogP contribution is 2.55. The first-order chi connectivity index (χ1) is 19.3. The maximum Gasteiger partial charge on any atom is 0.308 e. The largest absolute Gasteiger partial charge is 0.497 e. The van der Waals surface area contributed by atoms with Crippen molar-refractivity contribution in [3.8, 4) is 5.75 Å². The summed E-state index contributed by atoms with van der Waals surface area (Å²) in [5, 5.41) is 0.219. The van der Waals surface area contributed by atoms with Crippen molar-refractivity contribution in [2.45, 2.75) is 22.7 Å². The van der Waals surface area contributed by atoms with Gasteiger partial charge in [0.1, 0.15) is 17.5 Å². The highest BCUT2D eigenvalue weighted by molar-refractivity contribution is 8.00. The highest BCUT2D eigenvalue weighted by atomic mass is 35.5. The number of anilines is 1. The Balaban J connectivity index is 1.45. The molecule has 3 aliphatic rings. The molecule has 0 bridgehead atoms. The van der Waals surface area contributed by atoms with Gasteiger partial charge in [-0.05, 0) is 35.9 Å². The number of thiazole rings is 1. The van der Waals surface area contributed by atoms with Crippen molar-refractivity contribution in [1.82, 2.24) is 9.47 Å². The summed E-state index contributed by atoms with van der Waals surface area (Å²) in [6.45, 7) is 1.60. The fourth-order valence-electron chi connectivity index (χ4n) is 5.38. The number of fused-ring (bicyclic) bond motifs is 2. The standard InChI is InChI=1S/C27H23Cl2N3O6S2/c1-37-15-7-5-14(6-8-15)32-24(34)20-19(16-3-2-4-17(28)21(16)29)23-26(39-22(20)25(32)35)31(27(36)40-23)13-18(33)30-9-11-38-12-10-30/h2-8,19-20,22H,9-13H2,1H3/t19-,20?,22?/m1/s1. The van der Waals surface area contributed by atoms with E-state index in [1.165, 1.54) is 16.6 Å². The molecule has 13 heteroatoms. The molecule has 2 saturated heterocycles. The summed E-state index contributed by atoms with van der Waals surface area (Å²) in [6.07, 6.45) is 0. The van der Waals surface area contributed by atoms with Gasteiger partial charge in [-0.25, -0.2) is 4.90 Å². The van der Waals surface area contributed by atoms with Crippen molar-refractivity contribution in [2.24, 2.45) is 5.92 Å². The van der Waals surface area contributed by atoms with Gasteiger partial charge in [0.15, 0.2) is 0 Å². The molecule has 3 amide bonds. The monoisotopic (exact) mass is 619 g/mol. The Bertz CT molecular complexity index is 1570. The van der Waals surface area contributed by atoms with Gasteiger partial charge in [0.2, 0.25) is 17.7 Å². The summed E-state index contributed by atoms with van der Waals surface area (Å²) < 4.78 is 12.0. The third-order valence-electron chi connectivity index (χ3n) is 7.35. The molecule has 2 aromatic carbocycles. The smallest absolute Gasteiger partial charge is 0.308 e. The molecule has 3 atom stereocenters. The van der Waals surface area contributed by atoms with Crippen LogP contribution in [-0.4, -0.2) is 65.9 Å². The van der Waals surface area contributed by atoms with Crippen molar-refractivity contribution in [3.05, 3.63) is 72.6 Å². The number of thioether (sulfide) groups is 1. The molecule has 2 fully saturated rings. The van der Waals surface area contributed by atoms with Crippen LogP contribution < -0.4 is 14.5 Å². The van der Waals surface area contributed by atoms with Crippen LogP contribution in [0.1, 0.15) is 16.4 Å². The van der Waals surface area contributed by atoms with Crippen LogP contribution in [0.5, 0.6) is 5.75 Å². The van der Waals surface area contributed by atoms with Crippen molar-refractivity contribution in [3.63, 3.8) is 0 Å². The molecule has 6 rings (SSSR count). The molecule has 2 unspecified atom stereocenters. The maximum atomic E-state index is 14.0. The zero-order valence-corrected chi connectivity index (χ0v) is 24.3. The number of halogens is 2. The minimum Gasteiger partial charge on any atom is -0.497 e. The lowest BCUT2D eigenvalue weighted by atomic mass is 9.83. The number of aromatic nitrogens is 1. The van der Waals surface area contributed by atoms with Crippen LogP contribution >= 0.6 is 46.3 Å². The molecule has 0 spiro atoms. The molecule has 3 aromatic rings. The van der Waals surface area contributed by atoms with Gasteiger partial charge in [-0.15, -0.1) is 0 Å². The molecular weight excluding hydrogens is 597 g/mol. The number of benzene rings is 2. The van der Waals surface area contributed by atoms with Crippen molar-refractivity contribution < 1.29 is 23.9 Å². The van der Waals surface area contributed by atoms with Gasteiger partial charge in [0, 0.05) is 23.9 Å². The van der Waals surface area contributed by atoms with E-state index in [2.05, 4.69) is 0 Å². The predicted molar refractivity (Wildman–Crippen MR) is 153 cm³/mol. The lowest BCUT2D eigenvalue weighted by Crippen LogP contribution is -2.43. The zero-order chi connectivity index (χ0) is 28.1. The van der Waals surface area contributed by atoms with Crippen molar-refractivity contribution in [1.29, 1.82) is 0 Å².